The van der Waals surface area contributed by atoms with E-state index in [0.29, 0.717) is 6.42 Å². The van der Waals surface area contributed by atoms with Gasteiger partial charge >= 0.3 is 0 Å². The number of carbonyl (C=O) groups is 1. The molecule has 1 fully saturated rings. The number of carboxylic acids is 1. The van der Waals surface area contributed by atoms with Gasteiger partial charge in [-0.25, -0.2) is 4.98 Å². The summed E-state index contributed by atoms with van der Waals surface area (Å²) in [5.41, 5.74) is 0.733. The molecule has 0 saturated heterocycles. The molecule has 2 atom stereocenters. The second-order valence-electron chi connectivity index (χ2n) is 6.57. The fourth-order valence-electron chi connectivity index (χ4n) is 3.48. The van der Waals surface area contributed by atoms with Gasteiger partial charge < -0.3 is 14.9 Å². The molecule has 4 heteroatoms. The van der Waals surface area contributed by atoms with Gasteiger partial charge in [0.1, 0.15) is 5.82 Å². The van der Waals surface area contributed by atoms with Crippen molar-refractivity contribution in [2.45, 2.75) is 39.5 Å². The summed E-state index contributed by atoms with van der Waals surface area (Å²) in [5, 5.41) is 11.5. The Hall–Kier alpha value is -1.84. The Kier molecular flexibility index (Phi) is 2.68. The molecule has 1 saturated carbocycles. The van der Waals surface area contributed by atoms with Crippen LogP contribution >= 0.6 is 0 Å². The van der Waals surface area contributed by atoms with Gasteiger partial charge in [-0.3, -0.25) is 0 Å². The largest absolute Gasteiger partial charge is 0.550 e. The Morgan fingerprint density at radius 1 is 1.35 bits per heavy atom. The van der Waals surface area contributed by atoms with Crippen LogP contribution < -0.4 is 5.11 Å². The molecule has 1 aliphatic carbocycles. The number of fused-ring (bicyclic) bond motifs is 1. The lowest BCUT2D eigenvalue weighted by Crippen LogP contribution is -2.47. The number of aromatic amines is 1. The van der Waals surface area contributed by atoms with Gasteiger partial charge in [0, 0.05) is 17.3 Å². The van der Waals surface area contributed by atoms with Gasteiger partial charge in [-0.2, -0.15) is 0 Å². The number of benzene rings is 1. The Morgan fingerprint density at radius 3 is 2.65 bits per heavy atom. The lowest BCUT2D eigenvalue weighted by atomic mass is 9.65. The van der Waals surface area contributed by atoms with Crippen molar-refractivity contribution in [2.24, 2.45) is 10.8 Å². The number of aromatic nitrogens is 2. The molecule has 0 amide bonds. The highest BCUT2D eigenvalue weighted by Gasteiger charge is 2.53. The van der Waals surface area contributed by atoms with E-state index < -0.39 is 11.4 Å². The molecule has 0 radical (unpaired) electrons. The number of nitrogens with zero attached hydrogens (tertiary/aromatic N) is 1. The normalized spacial score (nSPS) is 28.9. The minimum absolute atomic E-state index is 0.109. The van der Waals surface area contributed by atoms with Crippen LogP contribution in [0, 0.1) is 10.8 Å². The zero-order valence-electron chi connectivity index (χ0n) is 12.1. The molecule has 2 aromatic rings. The summed E-state index contributed by atoms with van der Waals surface area (Å²) in [5.74, 6) is 0.0417. The van der Waals surface area contributed by atoms with Gasteiger partial charge in [0.2, 0.25) is 0 Å². The van der Waals surface area contributed by atoms with E-state index >= 15 is 0 Å². The third-order valence-electron chi connectivity index (χ3n) is 5.41. The molecule has 1 aromatic carbocycles. The van der Waals surface area contributed by atoms with E-state index in [1.807, 2.05) is 38.1 Å². The van der Waals surface area contributed by atoms with E-state index in [1.54, 1.807) is 6.92 Å². The number of hydrogen-bond acceptors (Lipinski definition) is 3. The van der Waals surface area contributed by atoms with Crippen LogP contribution in [-0.2, 0) is 4.79 Å². The minimum Gasteiger partial charge on any atom is -0.550 e. The zero-order chi connectivity index (χ0) is 14.5. The van der Waals surface area contributed by atoms with Gasteiger partial charge in [-0.05, 0) is 30.4 Å². The van der Waals surface area contributed by atoms with E-state index in [2.05, 4.69) is 9.97 Å². The van der Waals surface area contributed by atoms with E-state index in [9.17, 15) is 9.90 Å². The molecule has 4 nitrogen and oxygen atoms in total. The van der Waals surface area contributed by atoms with Crippen molar-refractivity contribution >= 4 is 17.0 Å². The second-order valence-corrected chi connectivity index (χ2v) is 6.57. The molecule has 20 heavy (non-hydrogen) atoms. The van der Waals surface area contributed by atoms with Crippen LogP contribution in [-0.4, -0.2) is 15.9 Å². The van der Waals surface area contributed by atoms with E-state index in [4.69, 9.17) is 0 Å². The standard InChI is InChI=1S/C16H20N2O2/c1-15(2)10(8-9-16(15,3)14(19)20)13-17-11-6-4-5-7-12(11)18-13/h4-7,10H,8-9H2,1-3H3,(H,17,18)(H,19,20)/p-1/t10-,16-/m0/s1. The molecule has 1 aliphatic rings. The number of para-hydroxylation sites is 2. The van der Waals surface area contributed by atoms with Crippen LogP contribution in [0.1, 0.15) is 45.4 Å². The predicted octanol–water partition coefficient (Wildman–Crippen LogP) is 2.22. The first-order valence-corrected chi connectivity index (χ1v) is 7.02. The molecule has 1 heterocycles. The van der Waals surface area contributed by atoms with Gasteiger partial charge in [0.15, 0.2) is 0 Å². The first-order valence-electron chi connectivity index (χ1n) is 7.02. The second kappa shape index (κ2) is 4.08. The molecule has 0 spiro atoms. The van der Waals surface area contributed by atoms with Gasteiger partial charge in [0.05, 0.1) is 11.0 Å². The van der Waals surface area contributed by atoms with E-state index in [-0.39, 0.29) is 11.3 Å². The molecule has 1 N–H and O–H groups in total. The topological polar surface area (TPSA) is 68.8 Å². The van der Waals surface area contributed by atoms with Gasteiger partial charge in [-0.15, -0.1) is 0 Å². The molecule has 0 aliphatic heterocycles. The summed E-state index contributed by atoms with van der Waals surface area (Å²) in [7, 11) is 0. The molecular weight excluding hydrogens is 252 g/mol. The number of carboxylic acid groups (broad SMARTS) is 1. The quantitative estimate of drug-likeness (QED) is 0.910. The highest BCUT2D eigenvalue weighted by molar-refractivity contribution is 5.76. The summed E-state index contributed by atoms with van der Waals surface area (Å²) < 4.78 is 0. The molecule has 1 aromatic heterocycles. The maximum atomic E-state index is 11.5. The molecule has 0 unspecified atom stereocenters. The molecular formula is C16H19N2O2-. The first kappa shape index (κ1) is 13.2. The maximum absolute atomic E-state index is 11.5. The Bertz CT molecular complexity index is 641. The van der Waals surface area contributed by atoms with Gasteiger partial charge in [0.25, 0.3) is 0 Å². The Morgan fingerprint density at radius 2 is 2.05 bits per heavy atom. The van der Waals surface area contributed by atoms with Crippen LogP contribution in [0.2, 0.25) is 0 Å². The van der Waals surface area contributed by atoms with Crippen LogP contribution in [0.4, 0.5) is 0 Å². The third kappa shape index (κ3) is 1.60. The predicted molar refractivity (Wildman–Crippen MR) is 75.0 cm³/mol. The monoisotopic (exact) mass is 271 g/mol. The number of carbonyl (C=O) groups excluding carboxylic acids is 1. The smallest absolute Gasteiger partial charge is 0.110 e. The molecule has 106 valence electrons. The Balaban J connectivity index is 2.05. The van der Waals surface area contributed by atoms with E-state index in [0.717, 1.165) is 23.3 Å². The van der Waals surface area contributed by atoms with Crippen molar-refractivity contribution in [1.82, 2.24) is 9.97 Å². The molecule has 0 bridgehead atoms. The van der Waals surface area contributed by atoms with Crippen molar-refractivity contribution in [3.8, 4) is 0 Å². The van der Waals surface area contributed by atoms with Crippen molar-refractivity contribution < 1.29 is 9.90 Å². The summed E-state index contributed by atoms with van der Waals surface area (Å²) in [6, 6.07) is 7.88. The minimum atomic E-state index is -0.957. The lowest BCUT2D eigenvalue weighted by molar-refractivity contribution is -0.322. The molecule has 3 rings (SSSR count). The third-order valence-corrected chi connectivity index (χ3v) is 5.41. The lowest BCUT2D eigenvalue weighted by Gasteiger charge is -2.42. The van der Waals surface area contributed by atoms with Crippen molar-refractivity contribution in [1.29, 1.82) is 0 Å². The number of nitrogens with one attached hydrogen (secondary N) is 1. The average molecular weight is 271 g/mol. The number of imidazole rings is 1. The summed E-state index contributed by atoms with van der Waals surface area (Å²) in [4.78, 5) is 19.5. The van der Waals surface area contributed by atoms with Crippen molar-refractivity contribution in [3.05, 3.63) is 30.1 Å². The maximum Gasteiger partial charge on any atom is 0.110 e. The summed E-state index contributed by atoms with van der Waals surface area (Å²) in [6.07, 6.45) is 1.45. The van der Waals surface area contributed by atoms with Gasteiger partial charge in [-0.1, -0.05) is 32.9 Å². The van der Waals surface area contributed by atoms with E-state index in [1.165, 1.54) is 0 Å². The van der Waals surface area contributed by atoms with Crippen LogP contribution in [0.5, 0.6) is 0 Å². The average Bonchev–Trinajstić information content (AvgIpc) is 2.90. The van der Waals surface area contributed by atoms with Crippen LogP contribution in [0.25, 0.3) is 11.0 Å². The number of rotatable bonds is 2. The Labute approximate surface area is 118 Å². The fraction of sp³-hybridized carbons (Fsp3) is 0.500. The SMILES string of the molecule is CC1(C)[C@H](c2nc3ccccc3[nH]2)CC[C@@]1(C)C(=O)[O-]. The highest BCUT2D eigenvalue weighted by atomic mass is 16.4. The van der Waals surface area contributed by atoms with Crippen LogP contribution in [0.3, 0.4) is 0 Å². The number of hydrogen-bond donors (Lipinski definition) is 1. The number of H-pyrrole nitrogens is 1. The van der Waals surface area contributed by atoms with Crippen LogP contribution in [0.15, 0.2) is 24.3 Å². The van der Waals surface area contributed by atoms with Crippen molar-refractivity contribution in [2.75, 3.05) is 0 Å². The summed E-state index contributed by atoms with van der Waals surface area (Å²) >= 11 is 0. The zero-order valence-corrected chi connectivity index (χ0v) is 12.1. The highest BCUT2D eigenvalue weighted by Crippen LogP contribution is 2.59. The van der Waals surface area contributed by atoms with Crippen molar-refractivity contribution in [3.63, 3.8) is 0 Å². The summed E-state index contributed by atoms with van der Waals surface area (Å²) in [6.45, 7) is 5.81. The first-order chi connectivity index (χ1) is 9.36. The fourth-order valence-corrected chi connectivity index (χ4v) is 3.48. The number of aliphatic carboxylic acids is 1.